The summed E-state index contributed by atoms with van der Waals surface area (Å²) in [5.41, 5.74) is 0. The van der Waals surface area contributed by atoms with Gasteiger partial charge in [-0.3, -0.25) is 4.79 Å². The molecule has 0 radical (unpaired) electrons. The maximum Gasteiger partial charge on any atom is 0.309 e. The maximum absolute atomic E-state index is 11.0. The normalized spacial score (nSPS) is 37.4. The van der Waals surface area contributed by atoms with Gasteiger partial charge >= 0.3 is 5.97 Å². The minimum absolute atomic E-state index is 0.0176. The van der Waals surface area contributed by atoms with Crippen LogP contribution in [0.15, 0.2) is 0 Å². The van der Waals surface area contributed by atoms with Crippen molar-refractivity contribution in [2.75, 3.05) is 0 Å². The average molecular weight is 198 g/mol. The van der Waals surface area contributed by atoms with Gasteiger partial charge in [0, 0.05) is 0 Å². The molecular formula is C11H18O3. The molecule has 2 rings (SSSR count). The van der Waals surface area contributed by atoms with Crippen LogP contribution in [0.2, 0.25) is 0 Å². The standard InChI is InChI=1S/C11H18O3/c1-2-3-8-6-9(11(12)13)10(14-8)7-4-5-7/h7-10H,2-6H2,1H3,(H,12,13). The molecular weight excluding hydrogens is 180 g/mol. The summed E-state index contributed by atoms with van der Waals surface area (Å²) in [6, 6.07) is 0. The molecule has 0 amide bonds. The third-order valence-corrected chi connectivity index (χ3v) is 3.28. The minimum Gasteiger partial charge on any atom is -0.481 e. The van der Waals surface area contributed by atoms with Crippen LogP contribution in [0.4, 0.5) is 0 Å². The smallest absolute Gasteiger partial charge is 0.309 e. The second-order valence-electron chi connectivity index (χ2n) is 4.53. The van der Waals surface area contributed by atoms with Gasteiger partial charge in [-0.1, -0.05) is 13.3 Å². The Hall–Kier alpha value is -0.570. The summed E-state index contributed by atoms with van der Waals surface area (Å²) >= 11 is 0. The Balaban J connectivity index is 1.96. The number of carbonyl (C=O) groups is 1. The summed E-state index contributed by atoms with van der Waals surface area (Å²) in [6.07, 6.45) is 5.35. The SMILES string of the molecule is CCCC1CC(C(=O)O)C(C2CC2)O1. The van der Waals surface area contributed by atoms with Crippen LogP contribution in [0.5, 0.6) is 0 Å². The van der Waals surface area contributed by atoms with Crippen molar-refractivity contribution in [1.29, 1.82) is 0 Å². The lowest BCUT2D eigenvalue weighted by atomic mass is 9.95. The minimum atomic E-state index is -0.666. The van der Waals surface area contributed by atoms with Crippen LogP contribution in [0, 0.1) is 11.8 Å². The zero-order chi connectivity index (χ0) is 10.1. The first-order chi connectivity index (χ1) is 6.72. The molecule has 1 saturated heterocycles. The van der Waals surface area contributed by atoms with Gasteiger partial charge in [-0.2, -0.15) is 0 Å². The maximum atomic E-state index is 11.0. The van der Waals surface area contributed by atoms with Gasteiger partial charge in [0.05, 0.1) is 18.1 Å². The van der Waals surface area contributed by atoms with Crippen molar-refractivity contribution in [1.82, 2.24) is 0 Å². The molecule has 1 aliphatic heterocycles. The first kappa shape index (κ1) is 9.97. The lowest BCUT2D eigenvalue weighted by molar-refractivity contribution is -0.144. The molecule has 0 aromatic carbocycles. The molecule has 3 atom stereocenters. The average Bonchev–Trinajstić information content (AvgIpc) is 2.88. The van der Waals surface area contributed by atoms with E-state index in [4.69, 9.17) is 9.84 Å². The number of carboxylic acid groups (broad SMARTS) is 1. The molecule has 0 aromatic rings. The van der Waals surface area contributed by atoms with Crippen molar-refractivity contribution in [3.05, 3.63) is 0 Å². The van der Waals surface area contributed by atoms with Crippen molar-refractivity contribution in [2.45, 2.75) is 51.2 Å². The van der Waals surface area contributed by atoms with Crippen LogP contribution in [-0.2, 0) is 9.53 Å². The topological polar surface area (TPSA) is 46.5 Å². The van der Waals surface area contributed by atoms with E-state index in [1.165, 1.54) is 0 Å². The Morgan fingerprint density at radius 3 is 2.71 bits per heavy atom. The zero-order valence-corrected chi connectivity index (χ0v) is 8.61. The van der Waals surface area contributed by atoms with E-state index in [2.05, 4.69) is 6.92 Å². The van der Waals surface area contributed by atoms with E-state index < -0.39 is 5.97 Å². The van der Waals surface area contributed by atoms with Gasteiger partial charge in [0.25, 0.3) is 0 Å². The fourth-order valence-corrected chi connectivity index (χ4v) is 2.40. The molecule has 3 nitrogen and oxygen atoms in total. The van der Waals surface area contributed by atoms with E-state index in [1.54, 1.807) is 0 Å². The largest absolute Gasteiger partial charge is 0.481 e. The van der Waals surface area contributed by atoms with E-state index in [9.17, 15) is 4.79 Å². The Labute approximate surface area is 84.4 Å². The van der Waals surface area contributed by atoms with Gasteiger partial charge in [-0.05, 0) is 31.6 Å². The molecule has 0 aromatic heterocycles. The highest BCUT2D eigenvalue weighted by atomic mass is 16.5. The molecule has 0 bridgehead atoms. The summed E-state index contributed by atoms with van der Waals surface area (Å²) in [6.45, 7) is 2.11. The third-order valence-electron chi connectivity index (χ3n) is 3.28. The molecule has 14 heavy (non-hydrogen) atoms. The summed E-state index contributed by atoms with van der Waals surface area (Å²) < 4.78 is 5.82. The molecule has 1 heterocycles. The van der Waals surface area contributed by atoms with Crippen LogP contribution in [-0.4, -0.2) is 23.3 Å². The van der Waals surface area contributed by atoms with Crippen LogP contribution < -0.4 is 0 Å². The molecule has 1 aliphatic carbocycles. The Morgan fingerprint density at radius 2 is 2.21 bits per heavy atom. The number of carboxylic acids is 1. The van der Waals surface area contributed by atoms with Gasteiger partial charge in [-0.15, -0.1) is 0 Å². The number of rotatable bonds is 4. The van der Waals surface area contributed by atoms with Crippen molar-refractivity contribution >= 4 is 5.97 Å². The highest BCUT2D eigenvalue weighted by Gasteiger charge is 2.47. The number of ether oxygens (including phenoxy) is 1. The van der Waals surface area contributed by atoms with E-state index in [0.29, 0.717) is 5.92 Å². The van der Waals surface area contributed by atoms with Crippen LogP contribution in [0.3, 0.4) is 0 Å². The van der Waals surface area contributed by atoms with Crippen LogP contribution >= 0.6 is 0 Å². The lowest BCUT2D eigenvalue weighted by Gasteiger charge is -2.14. The highest BCUT2D eigenvalue weighted by molar-refractivity contribution is 5.71. The Bertz CT molecular complexity index is 223. The number of hydrogen-bond donors (Lipinski definition) is 1. The van der Waals surface area contributed by atoms with Crippen molar-refractivity contribution < 1.29 is 14.6 Å². The zero-order valence-electron chi connectivity index (χ0n) is 8.61. The Morgan fingerprint density at radius 1 is 1.50 bits per heavy atom. The van der Waals surface area contributed by atoms with Gasteiger partial charge in [0.2, 0.25) is 0 Å². The summed E-state index contributed by atoms with van der Waals surface area (Å²) in [4.78, 5) is 11.0. The summed E-state index contributed by atoms with van der Waals surface area (Å²) in [7, 11) is 0. The molecule has 2 aliphatic rings. The van der Waals surface area contributed by atoms with Gasteiger partial charge in [0.15, 0.2) is 0 Å². The van der Waals surface area contributed by atoms with E-state index in [1.807, 2.05) is 0 Å². The second-order valence-corrected chi connectivity index (χ2v) is 4.53. The monoisotopic (exact) mass is 198 g/mol. The van der Waals surface area contributed by atoms with Crippen molar-refractivity contribution in [2.24, 2.45) is 11.8 Å². The second kappa shape index (κ2) is 3.89. The number of hydrogen-bond acceptors (Lipinski definition) is 2. The molecule has 1 saturated carbocycles. The molecule has 3 unspecified atom stereocenters. The van der Waals surface area contributed by atoms with E-state index in [0.717, 1.165) is 32.1 Å². The quantitative estimate of drug-likeness (QED) is 0.752. The predicted octanol–water partition coefficient (Wildman–Crippen LogP) is 2.05. The fourth-order valence-electron chi connectivity index (χ4n) is 2.40. The van der Waals surface area contributed by atoms with Gasteiger partial charge < -0.3 is 9.84 Å². The van der Waals surface area contributed by atoms with Crippen molar-refractivity contribution in [3.8, 4) is 0 Å². The highest BCUT2D eigenvalue weighted by Crippen LogP contribution is 2.44. The number of aliphatic carboxylic acids is 1. The van der Waals surface area contributed by atoms with E-state index >= 15 is 0 Å². The molecule has 1 N–H and O–H groups in total. The molecule has 80 valence electrons. The van der Waals surface area contributed by atoms with E-state index in [-0.39, 0.29) is 18.1 Å². The molecule has 3 heteroatoms. The van der Waals surface area contributed by atoms with Gasteiger partial charge in [0.1, 0.15) is 0 Å². The fraction of sp³-hybridized carbons (Fsp3) is 0.909. The van der Waals surface area contributed by atoms with Gasteiger partial charge in [-0.25, -0.2) is 0 Å². The van der Waals surface area contributed by atoms with Crippen molar-refractivity contribution in [3.63, 3.8) is 0 Å². The summed E-state index contributed by atoms with van der Waals surface area (Å²) in [5.74, 6) is -0.363. The Kier molecular flexibility index (Phi) is 2.77. The summed E-state index contributed by atoms with van der Waals surface area (Å²) in [5, 5.41) is 9.07. The van der Waals surface area contributed by atoms with Crippen LogP contribution in [0.25, 0.3) is 0 Å². The van der Waals surface area contributed by atoms with Crippen LogP contribution in [0.1, 0.15) is 39.0 Å². The lowest BCUT2D eigenvalue weighted by Crippen LogP contribution is -2.25. The molecule has 2 fully saturated rings. The first-order valence-corrected chi connectivity index (χ1v) is 5.60. The predicted molar refractivity (Wildman–Crippen MR) is 52.0 cm³/mol. The third kappa shape index (κ3) is 1.92. The first-order valence-electron chi connectivity index (χ1n) is 5.60. The molecule has 0 spiro atoms.